The third-order valence-corrected chi connectivity index (χ3v) is 5.07. The second-order valence-corrected chi connectivity index (χ2v) is 6.51. The van der Waals surface area contributed by atoms with E-state index >= 15 is 0 Å². The summed E-state index contributed by atoms with van der Waals surface area (Å²) in [6, 6.07) is 0. The van der Waals surface area contributed by atoms with Gasteiger partial charge in [0.05, 0.1) is 10.2 Å². The molecule has 1 aliphatic carbocycles. The van der Waals surface area contributed by atoms with Crippen molar-refractivity contribution in [2.24, 2.45) is 0 Å². The number of aromatic nitrogens is 2. The summed E-state index contributed by atoms with van der Waals surface area (Å²) in [5, 5.41) is 16.4. The Bertz CT molecular complexity index is 581. The molecule has 0 bridgehead atoms. The molecular formula is C13H16BrN3O3. The fourth-order valence-corrected chi connectivity index (χ4v) is 3.44. The molecule has 6 nitrogen and oxygen atoms in total. The molecule has 108 valence electrons. The van der Waals surface area contributed by atoms with Crippen LogP contribution in [0, 0.1) is 0 Å². The first-order valence-corrected chi connectivity index (χ1v) is 7.53. The molecule has 2 heterocycles. The summed E-state index contributed by atoms with van der Waals surface area (Å²) in [5.41, 5.74) is 0.112. The fourth-order valence-electron chi connectivity index (χ4n) is 2.77. The lowest BCUT2D eigenvalue weighted by Crippen LogP contribution is -2.50. The molecule has 0 aromatic carbocycles. The summed E-state index contributed by atoms with van der Waals surface area (Å²) in [6.45, 7) is 2.06. The molecule has 0 spiro atoms. The summed E-state index contributed by atoms with van der Waals surface area (Å²) >= 11 is 3.43. The molecule has 2 aliphatic rings. The number of hydrogen-bond donors (Lipinski definition) is 2. The quantitative estimate of drug-likeness (QED) is 0.881. The molecule has 2 fully saturated rings. The van der Waals surface area contributed by atoms with Crippen LogP contribution in [-0.2, 0) is 4.79 Å². The van der Waals surface area contributed by atoms with Crippen LogP contribution in [0.15, 0.2) is 4.47 Å². The summed E-state index contributed by atoms with van der Waals surface area (Å²) < 4.78 is 0.685. The minimum absolute atomic E-state index is 0.293. The Morgan fingerprint density at radius 1 is 1.50 bits per heavy atom. The van der Waals surface area contributed by atoms with Gasteiger partial charge in [-0.1, -0.05) is 0 Å². The summed E-state index contributed by atoms with van der Waals surface area (Å²) in [7, 11) is 0. The van der Waals surface area contributed by atoms with Crippen LogP contribution < -0.4 is 0 Å². The van der Waals surface area contributed by atoms with Crippen molar-refractivity contribution in [3.05, 3.63) is 15.9 Å². The second-order valence-electron chi connectivity index (χ2n) is 5.71. The van der Waals surface area contributed by atoms with Crippen molar-refractivity contribution < 1.29 is 14.7 Å². The molecule has 2 N–H and O–H groups in total. The molecule has 1 atom stereocenters. The number of aromatic amines is 1. The van der Waals surface area contributed by atoms with Crippen molar-refractivity contribution in [2.75, 3.05) is 6.54 Å². The predicted octanol–water partition coefficient (Wildman–Crippen LogP) is 2.13. The van der Waals surface area contributed by atoms with Gasteiger partial charge in [-0.3, -0.25) is 9.89 Å². The first-order valence-electron chi connectivity index (χ1n) is 6.74. The highest BCUT2D eigenvalue weighted by Gasteiger charge is 2.47. The molecule has 1 unspecified atom stereocenters. The zero-order valence-electron chi connectivity index (χ0n) is 11.1. The number of aliphatic carboxylic acids is 1. The molecule has 1 saturated carbocycles. The predicted molar refractivity (Wildman–Crippen MR) is 74.6 cm³/mol. The number of carboxylic acids is 1. The number of carboxylic acid groups (broad SMARTS) is 1. The normalized spacial score (nSPS) is 26.0. The lowest BCUT2D eigenvalue weighted by molar-refractivity contribution is -0.147. The van der Waals surface area contributed by atoms with Crippen LogP contribution in [0.5, 0.6) is 0 Å². The van der Waals surface area contributed by atoms with E-state index in [0.29, 0.717) is 35.5 Å². The molecule has 1 aromatic rings. The zero-order chi connectivity index (χ0) is 14.5. The Morgan fingerprint density at radius 3 is 2.80 bits per heavy atom. The van der Waals surface area contributed by atoms with Gasteiger partial charge in [-0.15, -0.1) is 0 Å². The minimum Gasteiger partial charge on any atom is -0.480 e. The third kappa shape index (κ3) is 1.95. The Morgan fingerprint density at radius 2 is 2.20 bits per heavy atom. The van der Waals surface area contributed by atoms with Gasteiger partial charge in [-0.2, -0.15) is 5.10 Å². The number of amides is 1. The van der Waals surface area contributed by atoms with Crippen LogP contribution in [0.3, 0.4) is 0 Å². The number of halogens is 1. The molecule has 0 radical (unpaired) electrons. The number of likely N-dealkylation sites (tertiary alicyclic amines) is 1. The van der Waals surface area contributed by atoms with Gasteiger partial charge in [-0.25, -0.2) is 4.79 Å². The largest absolute Gasteiger partial charge is 0.480 e. The van der Waals surface area contributed by atoms with Crippen LogP contribution in [0.25, 0.3) is 0 Å². The summed E-state index contributed by atoms with van der Waals surface area (Å²) in [4.78, 5) is 25.5. The first-order chi connectivity index (χ1) is 9.45. The van der Waals surface area contributed by atoms with E-state index in [1.54, 1.807) is 6.92 Å². The van der Waals surface area contributed by atoms with E-state index in [2.05, 4.69) is 26.1 Å². The van der Waals surface area contributed by atoms with E-state index in [0.717, 1.165) is 18.5 Å². The number of carbonyl (C=O) groups is 2. The van der Waals surface area contributed by atoms with Gasteiger partial charge in [0.25, 0.3) is 5.91 Å². The van der Waals surface area contributed by atoms with Crippen LogP contribution in [-0.4, -0.2) is 44.2 Å². The molecule has 1 aromatic heterocycles. The average molecular weight is 342 g/mol. The maximum absolute atomic E-state index is 12.6. The van der Waals surface area contributed by atoms with Gasteiger partial charge >= 0.3 is 5.97 Å². The van der Waals surface area contributed by atoms with Crippen molar-refractivity contribution in [1.29, 1.82) is 0 Å². The second kappa shape index (κ2) is 4.58. The number of nitrogens with zero attached hydrogens (tertiary/aromatic N) is 2. The average Bonchev–Trinajstić information content (AvgIpc) is 3.05. The van der Waals surface area contributed by atoms with Gasteiger partial charge in [0.2, 0.25) is 0 Å². The van der Waals surface area contributed by atoms with Crippen LogP contribution in [0.2, 0.25) is 0 Å². The number of carbonyl (C=O) groups excluding carboxylic acids is 1. The highest BCUT2D eigenvalue weighted by atomic mass is 79.9. The number of H-pyrrole nitrogens is 1. The molecule has 1 amide bonds. The number of rotatable bonds is 3. The lowest BCUT2D eigenvalue weighted by Gasteiger charge is -2.30. The lowest BCUT2D eigenvalue weighted by atomic mass is 9.99. The van der Waals surface area contributed by atoms with E-state index in [1.165, 1.54) is 4.90 Å². The van der Waals surface area contributed by atoms with Gasteiger partial charge in [-0.05, 0) is 48.5 Å². The molecule has 20 heavy (non-hydrogen) atoms. The zero-order valence-corrected chi connectivity index (χ0v) is 12.7. The maximum Gasteiger partial charge on any atom is 0.329 e. The van der Waals surface area contributed by atoms with Crippen molar-refractivity contribution in [3.63, 3.8) is 0 Å². The van der Waals surface area contributed by atoms with Crippen LogP contribution in [0.1, 0.15) is 54.7 Å². The Hall–Kier alpha value is -1.37. The molecule has 7 heteroatoms. The standard InChI is InChI=1S/C13H16BrN3O3/c1-13(12(19)20)5-2-6-17(13)11(18)10-8(14)9(15-16-10)7-3-4-7/h7H,2-6H2,1H3,(H,15,16)(H,19,20). The topological polar surface area (TPSA) is 86.3 Å². The minimum atomic E-state index is -1.13. The highest BCUT2D eigenvalue weighted by molar-refractivity contribution is 9.10. The number of hydrogen-bond acceptors (Lipinski definition) is 3. The SMILES string of the molecule is CC1(C(=O)O)CCCN1C(=O)c1n[nH]c(C2CC2)c1Br. The van der Waals surface area contributed by atoms with E-state index in [4.69, 9.17) is 0 Å². The number of nitrogens with one attached hydrogen (secondary N) is 1. The van der Waals surface area contributed by atoms with E-state index in [1.807, 2.05) is 0 Å². The molecule has 3 rings (SSSR count). The Kier molecular flexibility index (Phi) is 3.12. The maximum atomic E-state index is 12.6. The van der Waals surface area contributed by atoms with Gasteiger partial charge in [0.1, 0.15) is 5.54 Å². The highest BCUT2D eigenvalue weighted by Crippen LogP contribution is 2.43. The van der Waals surface area contributed by atoms with Crippen LogP contribution >= 0.6 is 15.9 Å². The fraction of sp³-hybridized carbons (Fsp3) is 0.615. The van der Waals surface area contributed by atoms with Crippen molar-refractivity contribution in [2.45, 2.75) is 44.1 Å². The first kappa shape index (κ1) is 13.6. The van der Waals surface area contributed by atoms with E-state index in [-0.39, 0.29) is 5.91 Å². The van der Waals surface area contributed by atoms with Gasteiger partial charge < -0.3 is 10.0 Å². The molecule has 1 saturated heterocycles. The van der Waals surface area contributed by atoms with Gasteiger partial charge in [0, 0.05) is 12.5 Å². The summed E-state index contributed by atoms with van der Waals surface area (Å²) in [6.07, 6.45) is 3.38. The van der Waals surface area contributed by atoms with Crippen molar-refractivity contribution >= 4 is 27.8 Å². The molecular weight excluding hydrogens is 326 g/mol. The third-order valence-electron chi connectivity index (χ3n) is 4.27. The van der Waals surface area contributed by atoms with Crippen molar-refractivity contribution in [3.8, 4) is 0 Å². The van der Waals surface area contributed by atoms with Crippen molar-refractivity contribution in [1.82, 2.24) is 15.1 Å². The van der Waals surface area contributed by atoms with E-state index < -0.39 is 11.5 Å². The Balaban J connectivity index is 1.90. The Labute approximate surface area is 124 Å². The monoisotopic (exact) mass is 341 g/mol. The van der Waals surface area contributed by atoms with Crippen LogP contribution in [0.4, 0.5) is 0 Å². The van der Waals surface area contributed by atoms with Gasteiger partial charge in [0.15, 0.2) is 5.69 Å². The molecule has 1 aliphatic heterocycles. The smallest absolute Gasteiger partial charge is 0.329 e. The summed E-state index contributed by atoms with van der Waals surface area (Å²) in [5.74, 6) is -0.831. The van der Waals surface area contributed by atoms with E-state index in [9.17, 15) is 14.7 Å².